The molecule has 114 valence electrons. The third kappa shape index (κ3) is 3.23. The largest absolute Gasteiger partial charge is 0.489 e. The lowest BCUT2D eigenvalue weighted by Crippen LogP contribution is -2.27. The van der Waals surface area contributed by atoms with Crippen molar-refractivity contribution in [2.75, 3.05) is 13.4 Å². The third-order valence-electron chi connectivity index (χ3n) is 3.56. The van der Waals surface area contributed by atoms with Crippen molar-refractivity contribution in [3.8, 4) is 17.2 Å². The van der Waals surface area contributed by atoms with Gasteiger partial charge in [0, 0.05) is 6.07 Å². The van der Waals surface area contributed by atoms with Crippen LogP contribution < -0.4 is 14.2 Å². The first-order valence-electron chi connectivity index (χ1n) is 7.36. The van der Waals surface area contributed by atoms with Crippen LogP contribution in [0.4, 0.5) is 0 Å². The summed E-state index contributed by atoms with van der Waals surface area (Å²) in [7, 11) is 0. The molecule has 0 bridgehead atoms. The number of carbonyl (C=O) groups is 1. The van der Waals surface area contributed by atoms with Gasteiger partial charge in [0.05, 0.1) is 13.0 Å². The van der Waals surface area contributed by atoms with Gasteiger partial charge < -0.3 is 18.9 Å². The molecule has 0 aliphatic carbocycles. The second-order valence-corrected chi connectivity index (χ2v) is 5.87. The zero-order valence-electron chi connectivity index (χ0n) is 12.4. The zero-order valence-corrected chi connectivity index (χ0v) is 12.4. The summed E-state index contributed by atoms with van der Waals surface area (Å²) in [6.45, 7) is 4.75. The van der Waals surface area contributed by atoms with Gasteiger partial charge in [-0.15, -0.1) is 0 Å². The molecule has 0 amide bonds. The first-order valence-corrected chi connectivity index (χ1v) is 7.36. The van der Waals surface area contributed by atoms with Gasteiger partial charge in [0.15, 0.2) is 11.5 Å². The average molecular weight is 292 g/mol. The normalized spacial score (nSPS) is 19.1. The van der Waals surface area contributed by atoms with Crippen LogP contribution in [0.1, 0.15) is 32.3 Å². The number of hydrogen-bond donors (Lipinski definition) is 0. The molecule has 1 aromatic rings. The van der Waals surface area contributed by atoms with E-state index in [0.29, 0.717) is 24.7 Å². The lowest BCUT2D eigenvalue weighted by molar-refractivity contribution is -0.146. The van der Waals surface area contributed by atoms with Crippen LogP contribution in [-0.2, 0) is 16.0 Å². The number of fused-ring (bicyclic) bond motifs is 2. The molecule has 0 fully saturated rings. The molecule has 21 heavy (non-hydrogen) atoms. The minimum absolute atomic E-state index is 0.127. The van der Waals surface area contributed by atoms with E-state index in [1.165, 1.54) is 0 Å². The predicted molar refractivity (Wildman–Crippen MR) is 75.7 cm³/mol. The minimum Gasteiger partial charge on any atom is -0.489 e. The Labute approximate surface area is 124 Å². The molecule has 0 saturated heterocycles. The Bertz CT molecular complexity index is 538. The Kier molecular flexibility index (Phi) is 3.90. The molecular weight excluding hydrogens is 272 g/mol. The van der Waals surface area contributed by atoms with Crippen molar-refractivity contribution in [2.24, 2.45) is 5.92 Å². The second-order valence-electron chi connectivity index (χ2n) is 5.87. The van der Waals surface area contributed by atoms with Gasteiger partial charge in [0.1, 0.15) is 11.9 Å². The minimum atomic E-state index is -0.196. The van der Waals surface area contributed by atoms with Crippen molar-refractivity contribution in [1.29, 1.82) is 0 Å². The standard InChI is InChI=1S/C16H20O5/c1-10(2)8-18-16(17)6-12-4-3-11-5-14-15(20-9-19-14)7-13(11)21-12/h5,7,10,12H,3-4,6,8-9H2,1-2H3/t12-/m0/s1. The number of rotatable bonds is 4. The van der Waals surface area contributed by atoms with Crippen LogP contribution in [0.5, 0.6) is 17.2 Å². The Hall–Kier alpha value is -1.91. The van der Waals surface area contributed by atoms with E-state index in [9.17, 15) is 4.79 Å². The average Bonchev–Trinajstić information content (AvgIpc) is 2.89. The summed E-state index contributed by atoms with van der Waals surface area (Å²) in [6.07, 6.45) is 1.84. The van der Waals surface area contributed by atoms with E-state index in [2.05, 4.69) is 0 Å². The fourth-order valence-electron chi connectivity index (χ4n) is 2.47. The Morgan fingerprint density at radius 2 is 2.05 bits per heavy atom. The number of esters is 1. The first kappa shape index (κ1) is 14.0. The van der Waals surface area contributed by atoms with Gasteiger partial charge in [-0.05, 0) is 30.4 Å². The lowest BCUT2D eigenvalue weighted by atomic mass is 10.00. The molecule has 5 nitrogen and oxygen atoms in total. The molecule has 1 atom stereocenters. The molecule has 0 aromatic heterocycles. The van der Waals surface area contributed by atoms with Crippen LogP contribution in [0, 0.1) is 5.92 Å². The predicted octanol–water partition coefficient (Wildman–Crippen LogP) is 2.70. The number of hydrogen-bond acceptors (Lipinski definition) is 5. The lowest BCUT2D eigenvalue weighted by Gasteiger charge is -2.25. The van der Waals surface area contributed by atoms with Gasteiger partial charge in [0.25, 0.3) is 0 Å². The number of carbonyl (C=O) groups excluding carboxylic acids is 1. The highest BCUT2D eigenvalue weighted by atomic mass is 16.7. The Morgan fingerprint density at radius 1 is 1.29 bits per heavy atom. The highest BCUT2D eigenvalue weighted by Gasteiger charge is 2.26. The highest BCUT2D eigenvalue weighted by Crippen LogP contribution is 2.41. The van der Waals surface area contributed by atoms with E-state index in [4.69, 9.17) is 18.9 Å². The summed E-state index contributed by atoms with van der Waals surface area (Å²) in [5.41, 5.74) is 1.10. The van der Waals surface area contributed by atoms with Crippen LogP contribution in [-0.4, -0.2) is 25.5 Å². The van der Waals surface area contributed by atoms with E-state index in [1.54, 1.807) is 0 Å². The maximum atomic E-state index is 11.8. The molecule has 5 heteroatoms. The van der Waals surface area contributed by atoms with E-state index >= 15 is 0 Å². The van der Waals surface area contributed by atoms with Gasteiger partial charge >= 0.3 is 5.97 Å². The molecule has 0 N–H and O–H groups in total. The molecule has 0 radical (unpaired) electrons. The SMILES string of the molecule is CC(C)COC(=O)C[C@@H]1CCc2cc3c(cc2O1)OCO3. The number of aryl methyl sites for hydroxylation is 1. The molecule has 2 heterocycles. The summed E-state index contributed by atoms with van der Waals surface area (Å²) in [4.78, 5) is 11.8. The first-order chi connectivity index (χ1) is 10.1. The molecule has 2 aliphatic heterocycles. The summed E-state index contributed by atoms with van der Waals surface area (Å²) < 4.78 is 21.8. The van der Waals surface area contributed by atoms with Crippen molar-refractivity contribution < 1.29 is 23.7 Å². The summed E-state index contributed by atoms with van der Waals surface area (Å²) in [5.74, 6) is 2.41. The monoisotopic (exact) mass is 292 g/mol. The Morgan fingerprint density at radius 3 is 2.81 bits per heavy atom. The third-order valence-corrected chi connectivity index (χ3v) is 3.56. The van der Waals surface area contributed by atoms with Gasteiger partial charge in [-0.1, -0.05) is 13.8 Å². The van der Waals surface area contributed by atoms with Crippen molar-refractivity contribution >= 4 is 5.97 Å². The number of benzene rings is 1. The molecule has 0 unspecified atom stereocenters. The maximum Gasteiger partial charge on any atom is 0.309 e. The van der Waals surface area contributed by atoms with Crippen LogP contribution >= 0.6 is 0 Å². The highest BCUT2D eigenvalue weighted by molar-refractivity contribution is 5.70. The molecule has 1 aromatic carbocycles. The zero-order chi connectivity index (χ0) is 14.8. The van der Waals surface area contributed by atoms with E-state index in [-0.39, 0.29) is 18.9 Å². The van der Waals surface area contributed by atoms with Crippen LogP contribution in [0.2, 0.25) is 0 Å². The maximum absolute atomic E-state index is 11.8. The summed E-state index contributed by atoms with van der Waals surface area (Å²) >= 11 is 0. The second kappa shape index (κ2) is 5.84. The topological polar surface area (TPSA) is 54.0 Å². The van der Waals surface area contributed by atoms with Crippen LogP contribution in [0.25, 0.3) is 0 Å². The Balaban J connectivity index is 1.61. The van der Waals surface area contributed by atoms with Crippen LogP contribution in [0.3, 0.4) is 0 Å². The molecule has 0 spiro atoms. The van der Waals surface area contributed by atoms with Gasteiger partial charge in [0.2, 0.25) is 6.79 Å². The molecule has 2 aliphatic rings. The van der Waals surface area contributed by atoms with Gasteiger partial charge in [-0.2, -0.15) is 0 Å². The van der Waals surface area contributed by atoms with E-state index in [1.807, 2.05) is 26.0 Å². The number of ether oxygens (including phenoxy) is 4. The van der Waals surface area contributed by atoms with Crippen LogP contribution in [0.15, 0.2) is 12.1 Å². The van der Waals surface area contributed by atoms with E-state index in [0.717, 1.165) is 29.9 Å². The summed E-state index contributed by atoms with van der Waals surface area (Å²) in [5, 5.41) is 0. The van der Waals surface area contributed by atoms with Crippen molar-refractivity contribution in [2.45, 2.75) is 39.2 Å². The fourth-order valence-corrected chi connectivity index (χ4v) is 2.47. The quantitative estimate of drug-likeness (QED) is 0.799. The van der Waals surface area contributed by atoms with Crippen molar-refractivity contribution in [3.63, 3.8) is 0 Å². The molecule has 3 rings (SSSR count). The van der Waals surface area contributed by atoms with Crippen molar-refractivity contribution in [3.05, 3.63) is 17.7 Å². The summed E-state index contributed by atoms with van der Waals surface area (Å²) in [6, 6.07) is 3.81. The van der Waals surface area contributed by atoms with Gasteiger partial charge in [-0.25, -0.2) is 0 Å². The van der Waals surface area contributed by atoms with Crippen molar-refractivity contribution in [1.82, 2.24) is 0 Å². The smallest absolute Gasteiger partial charge is 0.309 e. The van der Waals surface area contributed by atoms with E-state index < -0.39 is 0 Å². The van der Waals surface area contributed by atoms with Gasteiger partial charge in [-0.3, -0.25) is 4.79 Å². The molecular formula is C16H20O5. The fraction of sp³-hybridized carbons (Fsp3) is 0.562. The molecule has 0 saturated carbocycles.